The molecule has 1 N–H and O–H groups in total. The second-order valence-corrected chi connectivity index (χ2v) is 7.21. The van der Waals surface area contributed by atoms with Crippen LogP contribution in [0, 0.1) is 11.3 Å². The first-order chi connectivity index (χ1) is 11.0. The van der Waals surface area contributed by atoms with Crippen LogP contribution >= 0.6 is 0 Å². The minimum absolute atomic E-state index is 0.0395. The number of carbonyl (C=O) groups is 1. The van der Waals surface area contributed by atoms with Crippen LogP contribution in [0.1, 0.15) is 18.1 Å². The maximum Gasteiger partial charge on any atom is 0.228 e. The van der Waals surface area contributed by atoms with Crippen molar-refractivity contribution in [1.82, 2.24) is 0 Å². The van der Waals surface area contributed by atoms with Gasteiger partial charge in [0.15, 0.2) is 9.84 Å². The van der Waals surface area contributed by atoms with Gasteiger partial charge in [-0.3, -0.25) is 4.79 Å². The van der Waals surface area contributed by atoms with Gasteiger partial charge in [-0.15, -0.1) is 0 Å². The molecule has 118 valence electrons. The topological polar surface area (TPSA) is 87.0 Å². The van der Waals surface area contributed by atoms with Crippen LogP contribution in [0.5, 0.6) is 0 Å². The molecule has 0 fully saturated rings. The van der Waals surface area contributed by atoms with Crippen molar-refractivity contribution in [3.8, 4) is 6.07 Å². The van der Waals surface area contributed by atoms with Crippen molar-refractivity contribution < 1.29 is 13.2 Å². The molecule has 0 saturated carbocycles. The zero-order valence-electron chi connectivity index (χ0n) is 12.6. The molecule has 0 aromatic heterocycles. The molecular weight excluding hydrogens is 312 g/mol. The van der Waals surface area contributed by atoms with Gasteiger partial charge in [0.1, 0.15) is 6.07 Å². The van der Waals surface area contributed by atoms with Crippen LogP contribution in [0.4, 0.5) is 5.69 Å². The van der Waals surface area contributed by atoms with E-state index in [0.29, 0.717) is 16.8 Å². The van der Waals surface area contributed by atoms with Crippen molar-refractivity contribution in [3.05, 3.63) is 59.7 Å². The Bertz CT molecular complexity index is 850. The second kappa shape index (κ2) is 7.07. The molecule has 0 saturated heterocycles. The van der Waals surface area contributed by atoms with E-state index < -0.39 is 9.84 Å². The number of rotatable bonds is 5. The van der Waals surface area contributed by atoms with Gasteiger partial charge >= 0.3 is 0 Å². The van der Waals surface area contributed by atoms with E-state index >= 15 is 0 Å². The van der Waals surface area contributed by atoms with Crippen molar-refractivity contribution in [2.45, 2.75) is 18.2 Å². The van der Waals surface area contributed by atoms with E-state index in [2.05, 4.69) is 5.32 Å². The molecule has 0 heterocycles. The second-order valence-electron chi connectivity index (χ2n) is 4.93. The molecule has 2 rings (SSSR count). The fourth-order valence-electron chi connectivity index (χ4n) is 2.05. The van der Waals surface area contributed by atoms with Crippen LogP contribution in [-0.4, -0.2) is 20.1 Å². The first-order valence-corrected chi connectivity index (χ1v) is 8.72. The Kier molecular flexibility index (Phi) is 5.14. The molecule has 2 aromatic carbocycles. The summed E-state index contributed by atoms with van der Waals surface area (Å²) in [6, 6.07) is 15.0. The summed E-state index contributed by atoms with van der Waals surface area (Å²) in [7, 11) is -3.24. The van der Waals surface area contributed by atoms with E-state index in [0.717, 1.165) is 0 Å². The van der Waals surface area contributed by atoms with Gasteiger partial charge in [0, 0.05) is 0 Å². The predicted molar refractivity (Wildman–Crippen MR) is 87.7 cm³/mol. The fourth-order valence-corrected chi connectivity index (χ4v) is 2.93. The molecule has 0 atom stereocenters. The van der Waals surface area contributed by atoms with Gasteiger partial charge in [-0.2, -0.15) is 5.26 Å². The molecule has 0 aliphatic heterocycles. The molecule has 0 aliphatic carbocycles. The lowest BCUT2D eigenvalue weighted by Gasteiger charge is -2.07. The number of sulfone groups is 1. The number of nitrogens with zero attached hydrogens (tertiary/aromatic N) is 1. The average Bonchev–Trinajstić information content (AvgIpc) is 2.55. The van der Waals surface area contributed by atoms with E-state index in [-0.39, 0.29) is 23.0 Å². The number of hydrogen-bond donors (Lipinski definition) is 1. The lowest BCUT2D eigenvalue weighted by Crippen LogP contribution is -2.15. The predicted octanol–water partition coefficient (Wildman–Crippen LogP) is 2.53. The van der Waals surface area contributed by atoms with Gasteiger partial charge < -0.3 is 5.32 Å². The smallest absolute Gasteiger partial charge is 0.228 e. The highest BCUT2D eigenvalue weighted by atomic mass is 32.2. The van der Waals surface area contributed by atoms with Gasteiger partial charge in [-0.1, -0.05) is 31.2 Å². The van der Waals surface area contributed by atoms with E-state index in [1.54, 1.807) is 43.3 Å². The molecule has 23 heavy (non-hydrogen) atoms. The number of hydrogen-bond acceptors (Lipinski definition) is 4. The third-order valence-corrected chi connectivity index (χ3v) is 5.10. The molecule has 0 aliphatic rings. The molecule has 1 amide bonds. The lowest BCUT2D eigenvalue weighted by molar-refractivity contribution is -0.115. The van der Waals surface area contributed by atoms with Crippen LogP contribution < -0.4 is 5.32 Å². The SMILES string of the molecule is CCS(=O)(=O)c1ccc(CC(=O)Nc2ccccc2C#N)cc1. The number of nitrogens with one attached hydrogen (secondary N) is 1. The highest BCUT2D eigenvalue weighted by Gasteiger charge is 2.12. The Hall–Kier alpha value is -2.65. The summed E-state index contributed by atoms with van der Waals surface area (Å²) in [5, 5.41) is 11.7. The monoisotopic (exact) mass is 328 g/mol. The van der Waals surface area contributed by atoms with Gasteiger partial charge in [0.05, 0.1) is 28.3 Å². The first-order valence-electron chi connectivity index (χ1n) is 7.07. The summed E-state index contributed by atoms with van der Waals surface area (Å²) in [6.07, 6.45) is 0.103. The average molecular weight is 328 g/mol. The Labute approximate surface area is 135 Å². The zero-order valence-corrected chi connectivity index (χ0v) is 13.4. The van der Waals surface area contributed by atoms with Crippen molar-refractivity contribution in [1.29, 1.82) is 5.26 Å². The Morgan fingerprint density at radius 2 is 1.78 bits per heavy atom. The van der Waals surface area contributed by atoms with Gasteiger partial charge in [-0.25, -0.2) is 8.42 Å². The summed E-state index contributed by atoms with van der Waals surface area (Å²) in [6.45, 7) is 1.59. The number of anilines is 1. The largest absolute Gasteiger partial charge is 0.325 e. The molecule has 0 bridgehead atoms. The van der Waals surface area contributed by atoms with Crippen molar-refractivity contribution in [2.75, 3.05) is 11.1 Å². The summed E-state index contributed by atoms with van der Waals surface area (Å²) in [5.41, 5.74) is 1.56. The van der Waals surface area contributed by atoms with Crippen molar-refractivity contribution in [2.24, 2.45) is 0 Å². The third-order valence-electron chi connectivity index (χ3n) is 3.35. The quantitative estimate of drug-likeness (QED) is 0.913. The van der Waals surface area contributed by atoms with E-state index in [9.17, 15) is 13.2 Å². The number of nitriles is 1. The summed E-state index contributed by atoms with van der Waals surface area (Å²) in [4.78, 5) is 12.3. The minimum atomic E-state index is -3.24. The molecule has 6 heteroatoms. The van der Waals surface area contributed by atoms with Crippen LogP contribution in [0.3, 0.4) is 0 Å². The first kappa shape index (κ1) is 16.7. The van der Waals surface area contributed by atoms with E-state index in [4.69, 9.17) is 5.26 Å². The molecule has 0 unspecified atom stereocenters. The van der Waals surface area contributed by atoms with Crippen molar-refractivity contribution >= 4 is 21.4 Å². The standard InChI is InChI=1S/C17H16N2O3S/c1-2-23(21,22)15-9-7-13(8-10-15)11-17(20)19-16-6-4-3-5-14(16)12-18/h3-10H,2,11H2,1H3,(H,19,20). The van der Waals surface area contributed by atoms with Crippen molar-refractivity contribution in [3.63, 3.8) is 0 Å². The van der Waals surface area contributed by atoms with Crippen LogP contribution in [0.15, 0.2) is 53.4 Å². The Balaban J connectivity index is 2.08. The van der Waals surface area contributed by atoms with E-state index in [1.807, 2.05) is 6.07 Å². The highest BCUT2D eigenvalue weighted by Crippen LogP contribution is 2.15. The molecular formula is C17H16N2O3S. The van der Waals surface area contributed by atoms with Gasteiger partial charge in [0.2, 0.25) is 5.91 Å². The van der Waals surface area contributed by atoms with Crippen LogP contribution in [0.25, 0.3) is 0 Å². The lowest BCUT2D eigenvalue weighted by atomic mass is 10.1. The minimum Gasteiger partial charge on any atom is -0.325 e. The molecule has 0 radical (unpaired) electrons. The van der Waals surface area contributed by atoms with Gasteiger partial charge in [-0.05, 0) is 29.8 Å². The number of benzene rings is 2. The fraction of sp³-hybridized carbons (Fsp3) is 0.176. The summed E-state index contributed by atoms with van der Waals surface area (Å²) >= 11 is 0. The van der Waals surface area contributed by atoms with Crippen LogP contribution in [-0.2, 0) is 21.1 Å². The third kappa shape index (κ3) is 4.18. The Morgan fingerprint density at radius 1 is 1.13 bits per heavy atom. The van der Waals surface area contributed by atoms with Gasteiger partial charge in [0.25, 0.3) is 0 Å². The van der Waals surface area contributed by atoms with E-state index in [1.165, 1.54) is 12.1 Å². The summed E-state index contributed by atoms with van der Waals surface area (Å²) in [5.74, 6) is -0.226. The number of para-hydroxylation sites is 1. The normalized spacial score (nSPS) is 10.8. The zero-order chi connectivity index (χ0) is 16.9. The maximum atomic E-state index is 12.0. The Morgan fingerprint density at radius 3 is 2.39 bits per heavy atom. The van der Waals surface area contributed by atoms with Crippen LogP contribution in [0.2, 0.25) is 0 Å². The maximum absolute atomic E-state index is 12.0. The molecule has 0 spiro atoms. The molecule has 2 aromatic rings. The molecule has 5 nitrogen and oxygen atoms in total. The highest BCUT2D eigenvalue weighted by molar-refractivity contribution is 7.91. The summed E-state index contributed by atoms with van der Waals surface area (Å²) < 4.78 is 23.5. The number of amides is 1. The number of carbonyl (C=O) groups excluding carboxylic acids is 1.